The Labute approximate surface area is 138 Å². The van der Waals surface area contributed by atoms with Gasteiger partial charge in [-0.3, -0.25) is 14.9 Å². The number of nitrogens with zero attached hydrogens (tertiary/aromatic N) is 4. The highest BCUT2D eigenvalue weighted by Gasteiger charge is 2.24. The molecule has 3 aromatic rings. The minimum atomic E-state index is -0.158. The summed E-state index contributed by atoms with van der Waals surface area (Å²) in [5.74, 6) is 1.99. The number of fused-ring (bicyclic) bond motifs is 1. The van der Waals surface area contributed by atoms with Crippen molar-refractivity contribution in [3.05, 3.63) is 40.4 Å². The van der Waals surface area contributed by atoms with Crippen molar-refractivity contribution < 1.29 is 0 Å². The van der Waals surface area contributed by atoms with E-state index in [-0.39, 0.29) is 5.56 Å². The molecule has 0 aromatic carbocycles. The van der Waals surface area contributed by atoms with Crippen molar-refractivity contribution in [3.8, 4) is 0 Å². The van der Waals surface area contributed by atoms with Crippen LogP contribution < -0.4 is 15.8 Å². The van der Waals surface area contributed by atoms with Gasteiger partial charge in [-0.2, -0.15) is 10.1 Å². The number of pyridine rings is 1. The Kier molecular flexibility index (Phi) is 3.64. The number of nitrogens with one attached hydrogen (secondary N) is 3. The maximum absolute atomic E-state index is 12.0. The number of hydrogen-bond acceptors (Lipinski definition) is 6. The summed E-state index contributed by atoms with van der Waals surface area (Å²) in [4.78, 5) is 25.9. The lowest BCUT2D eigenvalue weighted by Gasteiger charge is -2.17. The number of aromatic amines is 2. The molecule has 1 fully saturated rings. The molecule has 0 unspecified atom stereocenters. The molecular weight excluding hydrogens is 306 g/mol. The smallest absolute Gasteiger partial charge is 0.263 e. The monoisotopic (exact) mass is 325 g/mol. The van der Waals surface area contributed by atoms with Gasteiger partial charge in [-0.1, -0.05) is 6.07 Å². The van der Waals surface area contributed by atoms with Crippen LogP contribution in [0.5, 0.6) is 0 Å². The van der Waals surface area contributed by atoms with Crippen LogP contribution in [-0.4, -0.2) is 44.8 Å². The molecule has 1 aliphatic rings. The van der Waals surface area contributed by atoms with Crippen molar-refractivity contribution in [2.24, 2.45) is 5.92 Å². The van der Waals surface area contributed by atoms with Crippen LogP contribution in [0.1, 0.15) is 12.1 Å². The molecule has 1 saturated heterocycles. The molecule has 0 amide bonds. The second-order valence-corrected chi connectivity index (χ2v) is 6.17. The van der Waals surface area contributed by atoms with Gasteiger partial charge in [0, 0.05) is 25.3 Å². The fraction of sp³-hybridized carbons (Fsp3) is 0.375. The van der Waals surface area contributed by atoms with Crippen molar-refractivity contribution in [3.63, 3.8) is 0 Å². The van der Waals surface area contributed by atoms with Crippen molar-refractivity contribution in [2.45, 2.75) is 13.3 Å². The molecule has 3 N–H and O–H groups in total. The molecule has 1 atom stereocenters. The summed E-state index contributed by atoms with van der Waals surface area (Å²) in [6.45, 7) is 4.55. The van der Waals surface area contributed by atoms with E-state index in [2.05, 4.69) is 35.4 Å². The first-order valence-corrected chi connectivity index (χ1v) is 8.05. The van der Waals surface area contributed by atoms with E-state index in [1.165, 1.54) is 6.20 Å². The predicted octanol–water partition coefficient (Wildman–Crippen LogP) is 1.29. The third-order valence-corrected chi connectivity index (χ3v) is 4.35. The van der Waals surface area contributed by atoms with E-state index >= 15 is 0 Å². The van der Waals surface area contributed by atoms with Crippen LogP contribution in [0.3, 0.4) is 0 Å². The van der Waals surface area contributed by atoms with Crippen molar-refractivity contribution >= 4 is 22.8 Å². The third-order valence-electron chi connectivity index (χ3n) is 4.35. The van der Waals surface area contributed by atoms with Crippen LogP contribution in [0.25, 0.3) is 11.0 Å². The minimum absolute atomic E-state index is 0.158. The van der Waals surface area contributed by atoms with E-state index in [9.17, 15) is 4.79 Å². The maximum atomic E-state index is 12.0. The van der Waals surface area contributed by atoms with E-state index < -0.39 is 0 Å². The van der Waals surface area contributed by atoms with Gasteiger partial charge in [0.05, 0.1) is 6.20 Å². The third kappa shape index (κ3) is 2.82. The topological polar surface area (TPSA) is 103 Å². The van der Waals surface area contributed by atoms with Gasteiger partial charge < -0.3 is 10.2 Å². The van der Waals surface area contributed by atoms with Crippen LogP contribution >= 0.6 is 0 Å². The van der Waals surface area contributed by atoms with Crippen LogP contribution in [0.4, 0.5) is 11.8 Å². The fourth-order valence-electron chi connectivity index (χ4n) is 3.07. The summed E-state index contributed by atoms with van der Waals surface area (Å²) < 4.78 is 0. The van der Waals surface area contributed by atoms with E-state index in [0.29, 0.717) is 22.9 Å². The minimum Gasteiger partial charge on any atom is -0.370 e. The maximum Gasteiger partial charge on any atom is 0.263 e. The summed E-state index contributed by atoms with van der Waals surface area (Å²) in [7, 11) is 0. The van der Waals surface area contributed by atoms with Crippen molar-refractivity contribution in [1.29, 1.82) is 0 Å². The van der Waals surface area contributed by atoms with Crippen molar-refractivity contribution in [1.82, 2.24) is 25.1 Å². The van der Waals surface area contributed by atoms with Gasteiger partial charge in [0.2, 0.25) is 5.95 Å². The summed E-state index contributed by atoms with van der Waals surface area (Å²) in [6.07, 6.45) is 2.54. The number of anilines is 2. The molecule has 0 saturated carbocycles. The average Bonchev–Trinajstić information content (AvgIpc) is 3.22. The number of hydrogen-bond donors (Lipinski definition) is 3. The molecule has 124 valence electrons. The largest absolute Gasteiger partial charge is 0.370 e. The normalized spacial score (nSPS) is 17.5. The summed E-state index contributed by atoms with van der Waals surface area (Å²) in [5, 5.41) is 10.5. The van der Waals surface area contributed by atoms with Crippen LogP contribution in [0, 0.1) is 12.8 Å². The molecule has 0 bridgehead atoms. The Morgan fingerprint density at radius 3 is 3.17 bits per heavy atom. The fourth-order valence-corrected chi connectivity index (χ4v) is 3.07. The highest BCUT2D eigenvalue weighted by molar-refractivity contribution is 5.73. The van der Waals surface area contributed by atoms with Crippen molar-refractivity contribution in [2.75, 3.05) is 29.9 Å². The number of H-pyrrole nitrogens is 2. The van der Waals surface area contributed by atoms with Gasteiger partial charge in [0.15, 0.2) is 5.65 Å². The Hall–Kier alpha value is -2.90. The highest BCUT2D eigenvalue weighted by Crippen LogP contribution is 2.21. The molecular formula is C16H19N7O. The molecule has 3 aromatic heterocycles. The zero-order chi connectivity index (χ0) is 16.5. The summed E-state index contributed by atoms with van der Waals surface area (Å²) in [6, 6.07) is 5.96. The SMILES string of the molecule is Cc1cccc(NC[C@H]2CCN(c3nc4[nH]ncc4c(=O)[nH]3)C2)n1. The van der Waals surface area contributed by atoms with E-state index in [0.717, 1.165) is 37.6 Å². The second-order valence-electron chi connectivity index (χ2n) is 6.17. The van der Waals surface area contributed by atoms with E-state index in [1.807, 2.05) is 25.1 Å². The molecule has 24 heavy (non-hydrogen) atoms. The van der Waals surface area contributed by atoms with Gasteiger partial charge in [-0.05, 0) is 31.4 Å². The molecule has 1 aliphatic heterocycles. The first kappa shape index (κ1) is 14.7. The zero-order valence-corrected chi connectivity index (χ0v) is 13.4. The number of rotatable bonds is 4. The molecule has 4 heterocycles. The first-order chi connectivity index (χ1) is 11.7. The van der Waals surface area contributed by atoms with Gasteiger partial charge in [0.1, 0.15) is 11.2 Å². The molecule has 0 spiro atoms. The summed E-state index contributed by atoms with van der Waals surface area (Å²) in [5.41, 5.74) is 1.37. The lowest BCUT2D eigenvalue weighted by molar-refractivity contribution is 0.620. The van der Waals surface area contributed by atoms with E-state index in [1.54, 1.807) is 0 Å². The molecule has 8 nitrogen and oxygen atoms in total. The first-order valence-electron chi connectivity index (χ1n) is 8.05. The number of aryl methyl sites for hydroxylation is 1. The van der Waals surface area contributed by atoms with Gasteiger partial charge in [0.25, 0.3) is 5.56 Å². The molecule has 0 radical (unpaired) electrons. The van der Waals surface area contributed by atoms with Crippen LogP contribution in [0.2, 0.25) is 0 Å². The van der Waals surface area contributed by atoms with Gasteiger partial charge in [-0.25, -0.2) is 4.98 Å². The predicted molar refractivity (Wildman–Crippen MR) is 92.3 cm³/mol. The Morgan fingerprint density at radius 2 is 2.29 bits per heavy atom. The number of aromatic nitrogens is 5. The van der Waals surface area contributed by atoms with Gasteiger partial charge >= 0.3 is 0 Å². The summed E-state index contributed by atoms with van der Waals surface area (Å²) >= 11 is 0. The average molecular weight is 325 g/mol. The standard InChI is InChI=1S/C16H19N7O/c1-10-3-2-4-13(19-10)17-7-11-5-6-23(9-11)16-20-14-12(8-18-22-14)15(24)21-16/h2-4,8,11H,5-7,9H2,1H3,(H,17,19)(H2,18,20,21,22,24)/t11-/m1/s1. The van der Waals surface area contributed by atoms with E-state index in [4.69, 9.17) is 0 Å². The lowest BCUT2D eigenvalue weighted by Crippen LogP contribution is -2.26. The quantitative estimate of drug-likeness (QED) is 0.668. The highest BCUT2D eigenvalue weighted by atomic mass is 16.1. The Balaban J connectivity index is 1.43. The Morgan fingerprint density at radius 1 is 1.38 bits per heavy atom. The molecule has 8 heteroatoms. The van der Waals surface area contributed by atoms with Gasteiger partial charge in [-0.15, -0.1) is 0 Å². The van der Waals surface area contributed by atoms with Crippen LogP contribution in [-0.2, 0) is 0 Å². The second kappa shape index (κ2) is 5.95. The molecule has 4 rings (SSSR count). The molecule has 0 aliphatic carbocycles. The van der Waals surface area contributed by atoms with Crippen LogP contribution in [0.15, 0.2) is 29.2 Å². The Bertz CT molecular complexity index is 916. The lowest BCUT2D eigenvalue weighted by atomic mass is 10.1. The zero-order valence-electron chi connectivity index (χ0n) is 13.4.